The van der Waals surface area contributed by atoms with Crippen molar-refractivity contribution in [2.24, 2.45) is 0 Å². The molecule has 5 nitrogen and oxygen atoms in total. The second kappa shape index (κ2) is 6.93. The molecule has 1 heterocycles. The molecule has 1 aromatic carbocycles. The molecule has 2 amide bonds. The number of carbonyl (C=O) groups is 2. The molecular weight excluding hydrogens is 254 g/mol. The second-order valence-electron chi connectivity index (χ2n) is 5.12. The third kappa shape index (κ3) is 4.26. The number of rotatable bonds is 5. The van der Waals surface area contributed by atoms with Crippen molar-refractivity contribution in [2.45, 2.75) is 32.1 Å². The lowest BCUT2D eigenvalue weighted by atomic mass is 10.1. The molecule has 1 aliphatic heterocycles. The van der Waals surface area contributed by atoms with Crippen molar-refractivity contribution in [2.75, 3.05) is 24.1 Å². The van der Waals surface area contributed by atoms with Gasteiger partial charge in [0.2, 0.25) is 11.8 Å². The fourth-order valence-electron chi connectivity index (χ4n) is 2.37. The molecule has 0 aromatic heterocycles. The summed E-state index contributed by atoms with van der Waals surface area (Å²) in [5, 5.41) is 2.81. The Bertz CT molecular complexity index is 488. The summed E-state index contributed by atoms with van der Waals surface area (Å²) in [6, 6.07) is 7.11. The van der Waals surface area contributed by atoms with Gasteiger partial charge in [0.15, 0.2) is 0 Å². The molecular formula is C15H21N3O2. The summed E-state index contributed by atoms with van der Waals surface area (Å²) in [4.78, 5) is 25.3. The van der Waals surface area contributed by atoms with Crippen molar-refractivity contribution in [3.63, 3.8) is 0 Å². The van der Waals surface area contributed by atoms with Crippen LogP contribution in [0.3, 0.4) is 0 Å². The number of carbonyl (C=O) groups excluding carboxylic acids is 2. The summed E-state index contributed by atoms with van der Waals surface area (Å²) in [5.74, 6) is 0.174. The lowest BCUT2D eigenvalue weighted by Crippen LogP contribution is -2.36. The summed E-state index contributed by atoms with van der Waals surface area (Å²) in [7, 11) is 0. The van der Waals surface area contributed by atoms with Crippen LogP contribution in [0.4, 0.5) is 11.4 Å². The zero-order chi connectivity index (χ0) is 14.4. The number of nitrogens with zero attached hydrogens (tertiary/aromatic N) is 1. The third-order valence-corrected chi connectivity index (χ3v) is 3.42. The predicted octanol–water partition coefficient (Wildman–Crippen LogP) is 2.00. The maximum absolute atomic E-state index is 11.8. The molecule has 0 aliphatic carbocycles. The minimum atomic E-state index is -0.0416. The molecule has 0 saturated carbocycles. The van der Waals surface area contributed by atoms with Gasteiger partial charge in [0.25, 0.3) is 0 Å². The van der Waals surface area contributed by atoms with Gasteiger partial charge in [0.1, 0.15) is 0 Å². The summed E-state index contributed by atoms with van der Waals surface area (Å²) in [6.45, 7) is 1.50. The van der Waals surface area contributed by atoms with Crippen molar-refractivity contribution < 1.29 is 9.59 Å². The van der Waals surface area contributed by atoms with Gasteiger partial charge in [-0.15, -0.1) is 0 Å². The average Bonchev–Trinajstić information content (AvgIpc) is 2.41. The Morgan fingerprint density at radius 1 is 1.35 bits per heavy atom. The molecule has 1 saturated heterocycles. The minimum Gasteiger partial charge on any atom is -0.399 e. The van der Waals surface area contributed by atoms with Crippen LogP contribution in [0.1, 0.15) is 32.1 Å². The fourth-order valence-corrected chi connectivity index (χ4v) is 2.37. The number of hydrogen-bond donors (Lipinski definition) is 2. The van der Waals surface area contributed by atoms with Gasteiger partial charge in [-0.1, -0.05) is 6.07 Å². The van der Waals surface area contributed by atoms with Crippen LogP contribution in [0, 0.1) is 0 Å². The molecule has 108 valence electrons. The summed E-state index contributed by atoms with van der Waals surface area (Å²) in [5.41, 5.74) is 6.99. The number of hydrogen-bond acceptors (Lipinski definition) is 3. The van der Waals surface area contributed by atoms with Crippen LogP contribution >= 0.6 is 0 Å². The van der Waals surface area contributed by atoms with Crippen molar-refractivity contribution in [3.05, 3.63) is 24.3 Å². The van der Waals surface area contributed by atoms with E-state index in [1.54, 1.807) is 18.2 Å². The molecule has 0 radical (unpaired) electrons. The Kier molecular flexibility index (Phi) is 4.98. The zero-order valence-electron chi connectivity index (χ0n) is 11.6. The Balaban J connectivity index is 1.71. The topological polar surface area (TPSA) is 75.4 Å². The predicted molar refractivity (Wildman–Crippen MR) is 79.1 cm³/mol. The van der Waals surface area contributed by atoms with Crippen LogP contribution in [0.25, 0.3) is 0 Å². The molecule has 1 fully saturated rings. The van der Waals surface area contributed by atoms with E-state index in [-0.39, 0.29) is 11.8 Å². The lowest BCUT2D eigenvalue weighted by Gasteiger charge is -2.26. The number of anilines is 2. The van der Waals surface area contributed by atoms with Gasteiger partial charge in [0, 0.05) is 37.3 Å². The SMILES string of the molecule is Nc1cccc(NC(=O)CCCN2CCCCC2=O)c1. The first kappa shape index (κ1) is 14.4. The van der Waals surface area contributed by atoms with Crippen LogP contribution in [-0.2, 0) is 9.59 Å². The van der Waals surface area contributed by atoms with E-state index in [1.165, 1.54) is 0 Å². The van der Waals surface area contributed by atoms with E-state index >= 15 is 0 Å². The zero-order valence-corrected chi connectivity index (χ0v) is 11.6. The Morgan fingerprint density at radius 3 is 2.95 bits per heavy atom. The third-order valence-electron chi connectivity index (χ3n) is 3.42. The largest absolute Gasteiger partial charge is 0.399 e. The van der Waals surface area contributed by atoms with E-state index in [0.717, 1.165) is 19.4 Å². The summed E-state index contributed by atoms with van der Waals surface area (Å²) in [6.07, 6.45) is 3.82. The number of benzene rings is 1. The molecule has 5 heteroatoms. The van der Waals surface area contributed by atoms with Gasteiger partial charge in [-0.3, -0.25) is 9.59 Å². The van der Waals surface area contributed by atoms with Gasteiger partial charge in [0.05, 0.1) is 0 Å². The van der Waals surface area contributed by atoms with Crippen LogP contribution in [-0.4, -0.2) is 29.8 Å². The van der Waals surface area contributed by atoms with Crippen LogP contribution < -0.4 is 11.1 Å². The molecule has 1 aliphatic rings. The standard InChI is InChI=1S/C15H21N3O2/c16-12-5-3-6-13(11-12)17-14(19)7-4-10-18-9-2-1-8-15(18)20/h3,5-6,11H,1-2,4,7-10,16H2,(H,17,19). The van der Waals surface area contributed by atoms with E-state index in [1.807, 2.05) is 11.0 Å². The van der Waals surface area contributed by atoms with Crippen molar-refractivity contribution >= 4 is 23.2 Å². The molecule has 3 N–H and O–H groups in total. The number of nitrogen functional groups attached to an aromatic ring is 1. The quantitative estimate of drug-likeness (QED) is 0.807. The van der Waals surface area contributed by atoms with Gasteiger partial charge in [-0.2, -0.15) is 0 Å². The molecule has 1 aromatic rings. The van der Waals surface area contributed by atoms with Crippen LogP contribution in [0.5, 0.6) is 0 Å². The highest BCUT2D eigenvalue weighted by Gasteiger charge is 2.17. The van der Waals surface area contributed by atoms with Gasteiger partial charge in [-0.05, 0) is 37.5 Å². The molecule has 20 heavy (non-hydrogen) atoms. The normalized spacial score (nSPS) is 15.2. The number of likely N-dealkylation sites (tertiary alicyclic amines) is 1. The van der Waals surface area contributed by atoms with Gasteiger partial charge < -0.3 is 16.0 Å². The Morgan fingerprint density at radius 2 is 2.20 bits per heavy atom. The molecule has 0 unspecified atom stereocenters. The summed E-state index contributed by atoms with van der Waals surface area (Å²) >= 11 is 0. The van der Waals surface area contributed by atoms with Crippen LogP contribution in [0.15, 0.2) is 24.3 Å². The molecule has 0 bridgehead atoms. The Labute approximate surface area is 119 Å². The highest BCUT2D eigenvalue weighted by molar-refractivity contribution is 5.91. The first-order valence-corrected chi connectivity index (χ1v) is 7.08. The highest BCUT2D eigenvalue weighted by Crippen LogP contribution is 2.13. The second-order valence-corrected chi connectivity index (χ2v) is 5.12. The smallest absolute Gasteiger partial charge is 0.224 e. The average molecular weight is 275 g/mol. The monoisotopic (exact) mass is 275 g/mol. The van der Waals surface area contributed by atoms with E-state index in [4.69, 9.17) is 5.73 Å². The highest BCUT2D eigenvalue weighted by atomic mass is 16.2. The lowest BCUT2D eigenvalue weighted by molar-refractivity contribution is -0.133. The molecule has 0 atom stereocenters. The molecule has 2 rings (SSSR count). The van der Waals surface area contributed by atoms with Gasteiger partial charge in [-0.25, -0.2) is 0 Å². The molecule has 0 spiro atoms. The van der Waals surface area contributed by atoms with E-state index in [0.29, 0.717) is 37.2 Å². The van der Waals surface area contributed by atoms with Crippen LogP contribution in [0.2, 0.25) is 0 Å². The fraction of sp³-hybridized carbons (Fsp3) is 0.467. The minimum absolute atomic E-state index is 0.0416. The number of piperidine rings is 1. The maximum Gasteiger partial charge on any atom is 0.224 e. The van der Waals surface area contributed by atoms with E-state index < -0.39 is 0 Å². The van der Waals surface area contributed by atoms with Gasteiger partial charge >= 0.3 is 0 Å². The van der Waals surface area contributed by atoms with Crippen molar-refractivity contribution in [1.29, 1.82) is 0 Å². The van der Waals surface area contributed by atoms with Crippen molar-refractivity contribution in [1.82, 2.24) is 4.90 Å². The maximum atomic E-state index is 11.8. The number of amides is 2. The van der Waals surface area contributed by atoms with Crippen molar-refractivity contribution in [3.8, 4) is 0 Å². The Hall–Kier alpha value is -2.04. The first-order valence-electron chi connectivity index (χ1n) is 7.08. The van der Waals surface area contributed by atoms with E-state index in [2.05, 4.69) is 5.32 Å². The van der Waals surface area contributed by atoms with E-state index in [9.17, 15) is 9.59 Å². The first-order chi connectivity index (χ1) is 9.65. The number of nitrogens with one attached hydrogen (secondary N) is 1. The number of nitrogens with two attached hydrogens (primary N) is 1. The summed E-state index contributed by atoms with van der Waals surface area (Å²) < 4.78 is 0.